The Morgan fingerprint density at radius 2 is 1.74 bits per heavy atom. The minimum Gasteiger partial charge on any atom is -0.468 e. The van der Waals surface area contributed by atoms with Crippen LogP contribution in [0.4, 0.5) is 0 Å². The first-order chi connectivity index (χ1) is 13.0. The monoisotopic (exact) mass is 390 g/mol. The lowest BCUT2D eigenvalue weighted by atomic mass is 10.2. The molecule has 1 aromatic carbocycles. The second-order valence-electron chi connectivity index (χ2n) is 6.53. The van der Waals surface area contributed by atoms with Gasteiger partial charge in [0.25, 0.3) is 0 Å². The Balaban J connectivity index is 1.71. The second-order valence-corrected chi connectivity index (χ2v) is 8.66. The van der Waals surface area contributed by atoms with Gasteiger partial charge in [-0.05, 0) is 37.1 Å². The van der Waals surface area contributed by atoms with Crippen molar-refractivity contribution in [2.75, 3.05) is 6.54 Å². The third-order valence-electron chi connectivity index (χ3n) is 4.65. The quantitative estimate of drug-likeness (QED) is 0.734. The van der Waals surface area contributed by atoms with Crippen molar-refractivity contribution in [2.24, 2.45) is 0 Å². The summed E-state index contributed by atoms with van der Waals surface area (Å²) in [6.07, 6.45) is 5.15. The average Bonchev–Trinajstić information content (AvgIpc) is 3.36. The minimum absolute atomic E-state index is 0.0113. The van der Waals surface area contributed by atoms with E-state index in [4.69, 9.17) is 4.42 Å². The average molecular weight is 390 g/mol. The predicted molar refractivity (Wildman–Crippen MR) is 98.5 cm³/mol. The number of benzene rings is 1. The van der Waals surface area contributed by atoms with Crippen molar-refractivity contribution in [1.82, 2.24) is 10.6 Å². The van der Waals surface area contributed by atoms with E-state index in [9.17, 15) is 18.0 Å². The molecule has 2 aromatic rings. The zero-order valence-corrected chi connectivity index (χ0v) is 15.6. The Hall–Kier alpha value is -2.61. The molecule has 1 fully saturated rings. The molecule has 27 heavy (non-hydrogen) atoms. The summed E-state index contributed by atoms with van der Waals surface area (Å²) in [7, 11) is -3.81. The summed E-state index contributed by atoms with van der Waals surface area (Å²) in [5.41, 5.74) is 0. The van der Waals surface area contributed by atoms with Gasteiger partial charge in [-0.25, -0.2) is 8.42 Å². The van der Waals surface area contributed by atoms with Gasteiger partial charge in [-0.3, -0.25) is 9.59 Å². The minimum atomic E-state index is -3.81. The van der Waals surface area contributed by atoms with E-state index in [0.717, 1.165) is 25.7 Å². The molecule has 1 saturated carbocycles. The lowest BCUT2D eigenvalue weighted by Gasteiger charge is -2.17. The first-order valence-electron chi connectivity index (χ1n) is 8.89. The molecular weight excluding hydrogens is 368 g/mol. The molecular formula is C19H22N2O5S. The van der Waals surface area contributed by atoms with E-state index in [2.05, 4.69) is 10.6 Å². The Morgan fingerprint density at radius 1 is 1.04 bits per heavy atom. The Morgan fingerprint density at radius 3 is 2.37 bits per heavy atom. The summed E-state index contributed by atoms with van der Waals surface area (Å²) < 4.78 is 31.2. The number of sulfone groups is 1. The Kier molecular flexibility index (Phi) is 5.95. The fourth-order valence-corrected chi connectivity index (χ4v) is 4.81. The molecule has 1 atom stereocenters. The first-order valence-corrected chi connectivity index (χ1v) is 10.4. The molecule has 7 nitrogen and oxygen atoms in total. The van der Waals surface area contributed by atoms with Gasteiger partial charge < -0.3 is 15.1 Å². The SMILES string of the molecule is O=C(NCC(c1ccco1)S(=O)(=O)c1ccccc1)C(=O)NC1CCCC1. The molecule has 1 heterocycles. The molecule has 0 saturated heterocycles. The van der Waals surface area contributed by atoms with Crippen LogP contribution in [0.2, 0.25) is 0 Å². The van der Waals surface area contributed by atoms with E-state index in [1.807, 2.05) is 0 Å². The number of hydrogen-bond donors (Lipinski definition) is 2. The number of carbonyl (C=O) groups excluding carboxylic acids is 2. The van der Waals surface area contributed by atoms with Crippen LogP contribution in [-0.4, -0.2) is 32.8 Å². The van der Waals surface area contributed by atoms with Crippen molar-refractivity contribution in [3.63, 3.8) is 0 Å². The third-order valence-corrected chi connectivity index (χ3v) is 6.73. The van der Waals surface area contributed by atoms with Crippen LogP contribution in [0.3, 0.4) is 0 Å². The molecule has 1 aromatic heterocycles. The van der Waals surface area contributed by atoms with E-state index in [1.165, 1.54) is 24.5 Å². The highest BCUT2D eigenvalue weighted by Gasteiger charge is 2.32. The van der Waals surface area contributed by atoms with Crippen molar-refractivity contribution in [3.05, 3.63) is 54.5 Å². The van der Waals surface area contributed by atoms with Crippen LogP contribution in [-0.2, 0) is 19.4 Å². The van der Waals surface area contributed by atoms with E-state index >= 15 is 0 Å². The molecule has 1 aliphatic rings. The summed E-state index contributed by atoms with van der Waals surface area (Å²) in [6.45, 7) is -0.262. The lowest BCUT2D eigenvalue weighted by molar-refractivity contribution is -0.139. The van der Waals surface area contributed by atoms with Crippen LogP contribution in [0.5, 0.6) is 0 Å². The van der Waals surface area contributed by atoms with Gasteiger partial charge in [0.05, 0.1) is 11.2 Å². The number of carbonyl (C=O) groups is 2. The first kappa shape index (κ1) is 19.2. The zero-order chi connectivity index (χ0) is 19.3. The van der Waals surface area contributed by atoms with Gasteiger partial charge in [0.2, 0.25) is 0 Å². The highest BCUT2D eigenvalue weighted by atomic mass is 32.2. The van der Waals surface area contributed by atoms with Crippen LogP contribution in [0.1, 0.15) is 36.7 Å². The largest absolute Gasteiger partial charge is 0.468 e. The summed E-state index contributed by atoms with van der Waals surface area (Å²) in [6, 6.07) is 11.1. The van der Waals surface area contributed by atoms with Gasteiger partial charge in [0.15, 0.2) is 9.84 Å². The summed E-state index contributed by atoms with van der Waals surface area (Å²) in [5.74, 6) is -1.38. The number of hydrogen-bond acceptors (Lipinski definition) is 5. The highest BCUT2D eigenvalue weighted by molar-refractivity contribution is 7.91. The van der Waals surface area contributed by atoms with E-state index in [-0.39, 0.29) is 23.2 Å². The van der Waals surface area contributed by atoms with Crippen LogP contribution < -0.4 is 10.6 Å². The van der Waals surface area contributed by atoms with Crippen molar-refractivity contribution in [3.8, 4) is 0 Å². The summed E-state index contributed by atoms with van der Waals surface area (Å²) >= 11 is 0. The van der Waals surface area contributed by atoms with Crippen LogP contribution in [0.25, 0.3) is 0 Å². The molecule has 2 N–H and O–H groups in total. The van der Waals surface area contributed by atoms with Crippen LogP contribution in [0.15, 0.2) is 58.0 Å². The Labute approximate surface area is 158 Å². The van der Waals surface area contributed by atoms with Crippen molar-refractivity contribution in [2.45, 2.75) is 41.9 Å². The van der Waals surface area contributed by atoms with E-state index in [1.54, 1.807) is 24.3 Å². The summed E-state index contributed by atoms with van der Waals surface area (Å²) in [5, 5.41) is 3.99. The smallest absolute Gasteiger partial charge is 0.309 e. The molecule has 1 aliphatic carbocycles. The van der Waals surface area contributed by atoms with Gasteiger partial charge in [-0.2, -0.15) is 0 Å². The topological polar surface area (TPSA) is 105 Å². The molecule has 0 aliphatic heterocycles. The van der Waals surface area contributed by atoms with Crippen molar-refractivity contribution >= 4 is 21.7 Å². The fourth-order valence-electron chi connectivity index (χ4n) is 3.20. The second kappa shape index (κ2) is 8.39. The van der Waals surface area contributed by atoms with Crippen LogP contribution >= 0.6 is 0 Å². The number of nitrogens with one attached hydrogen (secondary N) is 2. The molecule has 0 bridgehead atoms. The molecule has 144 valence electrons. The molecule has 0 spiro atoms. The molecule has 0 radical (unpaired) electrons. The zero-order valence-electron chi connectivity index (χ0n) is 14.8. The molecule has 8 heteroatoms. The van der Waals surface area contributed by atoms with Crippen LogP contribution in [0, 0.1) is 0 Å². The molecule has 1 unspecified atom stereocenters. The standard InChI is InChI=1S/C19H22N2O5S/c22-18(19(23)21-14-7-4-5-8-14)20-13-17(16-11-6-12-26-16)27(24,25)15-9-2-1-3-10-15/h1-3,6,9-12,14,17H,4-5,7-8,13H2,(H,20,22)(H,21,23). The van der Waals surface area contributed by atoms with Crippen molar-refractivity contribution in [1.29, 1.82) is 0 Å². The van der Waals surface area contributed by atoms with Gasteiger partial charge in [0, 0.05) is 12.6 Å². The number of rotatable bonds is 6. The maximum Gasteiger partial charge on any atom is 0.309 e. The van der Waals surface area contributed by atoms with Gasteiger partial charge in [-0.1, -0.05) is 31.0 Å². The molecule has 2 amide bonds. The van der Waals surface area contributed by atoms with E-state index < -0.39 is 26.9 Å². The van der Waals surface area contributed by atoms with Gasteiger partial charge in [-0.15, -0.1) is 0 Å². The lowest BCUT2D eigenvalue weighted by Crippen LogP contribution is -2.45. The maximum atomic E-state index is 13.0. The molecule has 3 rings (SSSR count). The number of amides is 2. The summed E-state index contributed by atoms with van der Waals surface area (Å²) in [4.78, 5) is 24.3. The van der Waals surface area contributed by atoms with Gasteiger partial charge >= 0.3 is 11.8 Å². The van der Waals surface area contributed by atoms with E-state index in [0.29, 0.717) is 0 Å². The Bertz CT molecular complexity index is 872. The normalized spacial score (nSPS) is 16.0. The van der Waals surface area contributed by atoms with Gasteiger partial charge in [0.1, 0.15) is 11.0 Å². The van der Waals surface area contributed by atoms with Crippen molar-refractivity contribution < 1.29 is 22.4 Å². The maximum absolute atomic E-state index is 13.0. The fraction of sp³-hybridized carbons (Fsp3) is 0.368. The third kappa shape index (κ3) is 4.57. The number of furan rings is 1. The highest BCUT2D eigenvalue weighted by Crippen LogP contribution is 2.28. The predicted octanol–water partition coefficient (Wildman–Crippen LogP) is 1.97.